The molecule has 0 bridgehead atoms. The summed E-state index contributed by atoms with van der Waals surface area (Å²) in [5.41, 5.74) is 0. The first-order valence-electron chi connectivity index (χ1n) is 5.17. The molecule has 0 aliphatic carbocycles. The molecule has 0 aliphatic heterocycles. The van der Waals surface area contributed by atoms with Crippen LogP contribution in [0.2, 0.25) is 0 Å². The van der Waals surface area contributed by atoms with Gasteiger partial charge in [-0.05, 0) is 20.1 Å². The molecule has 0 aromatic rings. The van der Waals surface area contributed by atoms with Crippen molar-refractivity contribution in [1.82, 2.24) is 5.32 Å². The Labute approximate surface area is 90.9 Å². The highest BCUT2D eigenvalue weighted by molar-refractivity contribution is 5.77. The van der Waals surface area contributed by atoms with Crippen molar-refractivity contribution < 1.29 is 14.3 Å². The van der Waals surface area contributed by atoms with Gasteiger partial charge in [-0.25, -0.2) is 0 Å². The first kappa shape index (κ1) is 14.1. The van der Waals surface area contributed by atoms with Gasteiger partial charge in [0, 0.05) is 13.2 Å². The van der Waals surface area contributed by atoms with Gasteiger partial charge in [-0.15, -0.1) is 0 Å². The molecular formula is C10H20N2O3. The first-order chi connectivity index (χ1) is 7.31. The molecule has 0 aliphatic rings. The molecule has 0 radical (unpaired) electrons. The molecule has 0 aromatic heterocycles. The number of nitrogens with zero attached hydrogens (tertiary/aromatic N) is 1. The van der Waals surface area contributed by atoms with Crippen molar-refractivity contribution in [1.29, 1.82) is 0 Å². The lowest BCUT2D eigenvalue weighted by molar-refractivity contribution is -0.126. The Bertz CT molecular complexity index is 184. The molecule has 0 unspecified atom stereocenters. The van der Waals surface area contributed by atoms with Crippen LogP contribution in [-0.4, -0.2) is 51.6 Å². The Hall–Kier alpha value is -0.940. The number of rotatable bonds is 9. The molecule has 0 atom stereocenters. The number of carbonyl (C=O) groups is 1. The molecule has 1 amide bonds. The molecule has 0 spiro atoms. The lowest BCUT2D eigenvalue weighted by atomic mass is 10.5. The van der Waals surface area contributed by atoms with Crippen molar-refractivity contribution in [3.8, 4) is 0 Å². The monoisotopic (exact) mass is 216 g/mol. The SMILES string of the molecule is CC=NCCNC(=O)COCCOCC. The molecule has 0 heterocycles. The Morgan fingerprint density at radius 1 is 1.40 bits per heavy atom. The third-order valence-electron chi connectivity index (χ3n) is 1.55. The summed E-state index contributed by atoms with van der Waals surface area (Å²) in [6, 6.07) is 0. The van der Waals surface area contributed by atoms with Crippen molar-refractivity contribution >= 4 is 12.1 Å². The van der Waals surface area contributed by atoms with E-state index in [1.54, 1.807) is 6.21 Å². The zero-order chi connectivity index (χ0) is 11.4. The number of hydrogen-bond donors (Lipinski definition) is 1. The fourth-order valence-electron chi connectivity index (χ4n) is 0.867. The second-order valence-corrected chi connectivity index (χ2v) is 2.76. The molecule has 15 heavy (non-hydrogen) atoms. The number of carbonyl (C=O) groups excluding carboxylic acids is 1. The Kier molecular flexibility index (Phi) is 10.4. The molecular weight excluding hydrogens is 196 g/mol. The van der Waals surface area contributed by atoms with Crippen molar-refractivity contribution in [3.63, 3.8) is 0 Å². The van der Waals surface area contributed by atoms with E-state index in [1.807, 2.05) is 13.8 Å². The van der Waals surface area contributed by atoms with E-state index in [-0.39, 0.29) is 12.5 Å². The van der Waals surface area contributed by atoms with Crippen LogP contribution >= 0.6 is 0 Å². The number of aliphatic imine (C=N–C) groups is 1. The Balaban J connectivity index is 3.18. The van der Waals surface area contributed by atoms with E-state index in [1.165, 1.54) is 0 Å². The van der Waals surface area contributed by atoms with E-state index in [0.29, 0.717) is 32.9 Å². The van der Waals surface area contributed by atoms with Crippen molar-refractivity contribution in [2.75, 3.05) is 39.5 Å². The molecule has 0 saturated carbocycles. The Morgan fingerprint density at radius 3 is 2.80 bits per heavy atom. The van der Waals surface area contributed by atoms with Gasteiger partial charge in [-0.3, -0.25) is 9.79 Å². The van der Waals surface area contributed by atoms with Crippen LogP contribution in [0.5, 0.6) is 0 Å². The van der Waals surface area contributed by atoms with Gasteiger partial charge in [0.15, 0.2) is 0 Å². The third kappa shape index (κ3) is 11.0. The van der Waals surface area contributed by atoms with Gasteiger partial charge in [0.1, 0.15) is 6.61 Å². The van der Waals surface area contributed by atoms with Crippen molar-refractivity contribution in [2.45, 2.75) is 13.8 Å². The quantitative estimate of drug-likeness (QED) is 0.444. The first-order valence-corrected chi connectivity index (χ1v) is 5.17. The summed E-state index contributed by atoms with van der Waals surface area (Å²) in [6.45, 7) is 6.67. The molecule has 5 heteroatoms. The summed E-state index contributed by atoms with van der Waals surface area (Å²) in [5.74, 6) is -0.113. The molecule has 0 rings (SSSR count). The highest BCUT2D eigenvalue weighted by Gasteiger charge is 1.99. The minimum Gasteiger partial charge on any atom is -0.379 e. The predicted octanol–water partition coefficient (Wildman–Crippen LogP) is 0.246. The summed E-state index contributed by atoms with van der Waals surface area (Å²) < 4.78 is 10.1. The largest absolute Gasteiger partial charge is 0.379 e. The fourth-order valence-corrected chi connectivity index (χ4v) is 0.867. The average Bonchev–Trinajstić information content (AvgIpc) is 2.24. The maximum absolute atomic E-state index is 11.1. The van der Waals surface area contributed by atoms with Crippen molar-refractivity contribution in [3.05, 3.63) is 0 Å². The summed E-state index contributed by atoms with van der Waals surface area (Å²) in [6.07, 6.45) is 1.71. The smallest absolute Gasteiger partial charge is 0.246 e. The second kappa shape index (κ2) is 11.1. The fraction of sp³-hybridized carbons (Fsp3) is 0.800. The van der Waals surface area contributed by atoms with Crippen LogP contribution in [0.15, 0.2) is 4.99 Å². The van der Waals surface area contributed by atoms with Crippen LogP contribution in [-0.2, 0) is 14.3 Å². The summed E-state index contributed by atoms with van der Waals surface area (Å²) in [4.78, 5) is 15.1. The number of nitrogens with one attached hydrogen (secondary N) is 1. The van der Waals surface area contributed by atoms with Gasteiger partial charge in [-0.1, -0.05) is 0 Å². The number of ether oxygens (including phenoxy) is 2. The number of amides is 1. The third-order valence-corrected chi connectivity index (χ3v) is 1.55. The Morgan fingerprint density at radius 2 is 2.13 bits per heavy atom. The highest BCUT2D eigenvalue weighted by atomic mass is 16.5. The van der Waals surface area contributed by atoms with Crippen LogP contribution in [0.3, 0.4) is 0 Å². The molecule has 88 valence electrons. The van der Waals surface area contributed by atoms with E-state index in [2.05, 4.69) is 10.3 Å². The lowest BCUT2D eigenvalue weighted by Gasteiger charge is -2.04. The van der Waals surface area contributed by atoms with Gasteiger partial charge < -0.3 is 14.8 Å². The van der Waals surface area contributed by atoms with Crippen LogP contribution in [0.4, 0.5) is 0 Å². The van der Waals surface area contributed by atoms with Crippen molar-refractivity contribution in [2.24, 2.45) is 4.99 Å². The average molecular weight is 216 g/mol. The van der Waals surface area contributed by atoms with Gasteiger partial charge in [0.25, 0.3) is 0 Å². The predicted molar refractivity (Wildman–Crippen MR) is 59.4 cm³/mol. The number of hydrogen-bond acceptors (Lipinski definition) is 4. The standard InChI is InChI=1S/C10H20N2O3/c1-3-11-5-6-12-10(13)9-15-8-7-14-4-2/h3H,4-9H2,1-2H3,(H,12,13). The summed E-state index contributed by atoms with van der Waals surface area (Å²) >= 11 is 0. The van der Waals surface area contributed by atoms with E-state index < -0.39 is 0 Å². The topological polar surface area (TPSA) is 59.9 Å². The van der Waals surface area contributed by atoms with Crippen LogP contribution < -0.4 is 5.32 Å². The summed E-state index contributed by atoms with van der Waals surface area (Å²) in [7, 11) is 0. The second-order valence-electron chi connectivity index (χ2n) is 2.76. The van der Waals surface area contributed by atoms with E-state index in [4.69, 9.17) is 9.47 Å². The molecule has 5 nitrogen and oxygen atoms in total. The van der Waals surface area contributed by atoms with E-state index in [0.717, 1.165) is 0 Å². The molecule has 0 saturated heterocycles. The van der Waals surface area contributed by atoms with Gasteiger partial charge in [0.05, 0.1) is 19.8 Å². The maximum Gasteiger partial charge on any atom is 0.246 e. The maximum atomic E-state index is 11.1. The normalized spacial score (nSPS) is 10.8. The van der Waals surface area contributed by atoms with E-state index >= 15 is 0 Å². The molecule has 1 N–H and O–H groups in total. The van der Waals surface area contributed by atoms with Crippen LogP contribution in [0.25, 0.3) is 0 Å². The highest BCUT2D eigenvalue weighted by Crippen LogP contribution is 1.78. The zero-order valence-electron chi connectivity index (χ0n) is 9.49. The zero-order valence-corrected chi connectivity index (χ0v) is 9.49. The van der Waals surface area contributed by atoms with Gasteiger partial charge in [0.2, 0.25) is 5.91 Å². The van der Waals surface area contributed by atoms with Crippen LogP contribution in [0, 0.1) is 0 Å². The molecule has 0 aromatic carbocycles. The van der Waals surface area contributed by atoms with Gasteiger partial charge >= 0.3 is 0 Å². The minimum absolute atomic E-state index is 0.0862. The summed E-state index contributed by atoms with van der Waals surface area (Å²) in [5, 5.41) is 2.69. The van der Waals surface area contributed by atoms with Gasteiger partial charge in [-0.2, -0.15) is 0 Å². The minimum atomic E-state index is -0.113. The lowest BCUT2D eigenvalue weighted by Crippen LogP contribution is -2.30. The van der Waals surface area contributed by atoms with E-state index in [9.17, 15) is 4.79 Å². The van der Waals surface area contributed by atoms with Crippen LogP contribution in [0.1, 0.15) is 13.8 Å². The molecule has 0 fully saturated rings.